The number of benzene rings is 1. The van der Waals surface area contributed by atoms with Crippen molar-refractivity contribution in [1.82, 2.24) is 25.3 Å². The molecule has 0 aliphatic rings. The number of methoxy groups -OCH3 is 1. The largest absolute Gasteiger partial charge is 0.497 e. The normalized spacial score (nSPS) is 10.9. The number of likely N-dealkylation sites (N-methyl/N-ethyl adjacent to an activating group) is 1. The van der Waals surface area contributed by atoms with Gasteiger partial charge in [-0.15, -0.1) is 24.0 Å². The standard InChI is InChI=1S/C21H32N6O2.HI/c1-15-19(16(2)27(5)25-15)13-23-21(24-14-20(28)26(3)4)22-12-11-17-7-9-18(29-6)10-8-17;/h7-10H,11-14H2,1-6H3,(H2,22,23,24);1H. The number of halogens is 1. The Kier molecular flexibility index (Phi) is 10.6. The molecular formula is C21H33IN6O2. The second-order valence-corrected chi connectivity index (χ2v) is 7.10. The number of hydrogen-bond acceptors (Lipinski definition) is 4. The van der Waals surface area contributed by atoms with E-state index in [-0.39, 0.29) is 36.4 Å². The van der Waals surface area contributed by atoms with Crippen molar-refractivity contribution in [2.75, 3.05) is 34.3 Å². The molecule has 0 unspecified atom stereocenters. The van der Waals surface area contributed by atoms with Gasteiger partial charge in [0.25, 0.3) is 0 Å². The first-order chi connectivity index (χ1) is 13.8. The highest BCUT2D eigenvalue weighted by Gasteiger charge is 2.10. The number of aryl methyl sites for hydroxylation is 2. The Labute approximate surface area is 196 Å². The van der Waals surface area contributed by atoms with Crippen LogP contribution in [0.5, 0.6) is 5.75 Å². The fourth-order valence-corrected chi connectivity index (χ4v) is 2.81. The molecule has 0 saturated carbocycles. The van der Waals surface area contributed by atoms with E-state index in [2.05, 4.69) is 20.7 Å². The minimum absolute atomic E-state index is 0. The van der Waals surface area contributed by atoms with Crippen LogP contribution in [-0.2, 0) is 24.8 Å². The molecule has 0 aliphatic carbocycles. The minimum atomic E-state index is -0.0107. The summed E-state index contributed by atoms with van der Waals surface area (Å²) in [5.41, 5.74) is 4.35. The Morgan fingerprint density at radius 1 is 1.20 bits per heavy atom. The molecule has 0 saturated heterocycles. The number of amides is 1. The molecule has 8 nitrogen and oxygen atoms in total. The zero-order chi connectivity index (χ0) is 21.4. The van der Waals surface area contributed by atoms with Gasteiger partial charge in [0, 0.05) is 38.9 Å². The lowest BCUT2D eigenvalue weighted by Gasteiger charge is -2.15. The van der Waals surface area contributed by atoms with Crippen molar-refractivity contribution in [2.24, 2.45) is 12.0 Å². The average Bonchev–Trinajstić information content (AvgIpc) is 2.95. The van der Waals surface area contributed by atoms with E-state index in [1.807, 2.05) is 49.8 Å². The van der Waals surface area contributed by atoms with Gasteiger partial charge in [-0.05, 0) is 38.0 Å². The number of rotatable bonds is 8. The highest BCUT2D eigenvalue weighted by molar-refractivity contribution is 14.0. The zero-order valence-electron chi connectivity index (χ0n) is 18.7. The van der Waals surface area contributed by atoms with Crippen LogP contribution in [0.2, 0.25) is 0 Å². The highest BCUT2D eigenvalue weighted by atomic mass is 127. The molecule has 9 heteroatoms. The first-order valence-electron chi connectivity index (χ1n) is 9.66. The third-order valence-electron chi connectivity index (χ3n) is 4.83. The molecule has 1 aromatic heterocycles. The summed E-state index contributed by atoms with van der Waals surface area (Å²) in [5, 5.41) is 10.9. The van der Waals surface area contributed by atoms with Crippen LogP contribution >= 0.6 is 24.0 Å². The first-order valence-corrected chi connectivity index (χ1v) is 9.66. The molecule has 0 atom stereocenters. The predicted molar refractivity (Wildman–Crippen MR) is 131 cm³/mol. The molecule has 30 heavy (non-hydrogen) atoms. The summed E-state index contributed by atoms with van der Waals surface area (Å²) in [6.45, 7) is 5.40. The molecule has 1 aromatic carbocycles. The lowest BCUT2D eigenvalue weighted by Crippen LogP contribution is -2.43. The van der Waals surface area contributed by atoms with Gasteiger partial charge < -0.3 is 20.3 Å². The molecule has 0 radical (unpaired) electrons. The maximum absolute atomic E-state index is 11.9. The van der Waals surface area contributed by atoms with E-state index in [0.29, 0.717) is 19.0 Å². The van der Waals surface area contributed by atoms with Crippen molar-refractivity contribution in [3.8, 4) is 5.75 Å². The van der Waals surface area contributed by atoms with Crippen LogP contribution in [0.4, 0.5) is 0 Å². The lowest BCUT2D eigenvalue weighted by atomic mass is 10.1. The van der Waals surface area contributed by atoms with Crippen molar-refractivity contribution >= 4 is 35.8 Å². The Balaban J connectivity index is 0.00000450. The van der Waals surface area contributed by atoms with E-state index in [1.54, 1.807) is 26.1 Å². The number of ether oxygens (including phenoxy) is 1. The molecular weight excluding hydrogens is 495 g/mol. The van der Waals surface area contributed by atoms with E-state index >= 15 is 0 Å². The summed E-state index contributed by atoms with van der Waals surface area (Å²) in [7, 11) is 7.06. The number of aliphatic imine (C=N–C) groups is 1. The smallest absolute Gasteiger partial charge is 0.241 e. The number of guanidine groups is 1. The van der Waals surface area contributed by atoms with Crippen LogP contribution in [0.15, 0.2) is 29.3 Å². The first kappa shape index (κ1) is 25.7. The Morgan fingerprint density at radius 2 is 1.87 bits per heavy atom. The second kappa shape index (κ2) is 12.4. The van der Waals surface area contributed by atoms with Gasteiger partial charge >= 0.3 is 0 Å². The maximum atomic E-state index is 11.9. The Bertz CT molecular complexity index is 846. The summed E-state index contributed by atoms with van der Waals surface area (Å²) < 4.78 is 7.05. The summed E-state index contributed by atoms with van der Waals surface area (Å²) in [4.78, 5) is 18.2. The molecule has 1 heterocycles. The van der Waals surface area contributed by atoms with Gasteiger partial charge in [0.15, 0.2) is 5.96 Å². The van der Waals surface area contributed by atoms with Gasteiger partial charge in [0.1, 0.15) is 5.75 Å². The Morgan fingerprint density at radius 3 is 2.40 bits per heavy atom. The monoisotopic (exact) mass is 528 g/mol. The Hall–Kier alpha value is -2.30. The van der Waals surface area contributed by atoms with Crippen molar-refractivity contribution in [1.29, 1.82) is 0 Å². The summed E-state index contributed by atoms with van der Waals surface area (Å²) in [6.07, 6.45) is 0.831. The van der Waals surface area contributed by atoms with Crippen molar-refractivity contribution in [2.45, 2.75) is 26.8 Å². The van der Waals surface area contributed by atoms with Crippen LogP contribution in [0, 0.1) is 13.8 Å². The highest BCUT2D eigenvalue weighted by Crippen LogP contribution is 2.13. The van der Waals surface area contributed by atoms with Gasteiger partial charge in [-0.3, -0.25) is 9.48 Å². The molecule has 0 spiro atoms. The number of nitrogens with zero attached hydrogens (tertiary/aromatic N) is 4. The van der Waals surface area contributed by atoms with E-state index in [0.717, 1.165) is 29.1 Å². The summed E-state index contributed by atoms with van der Waals surface area (Å²) in [6, 6.07) is 7.99. The molecule has 2 rings (SSSR count). The lowest BCUT2D eigenvalue weighted by molar-refractivity contribution is -0.127. The van der Waals surface area contributed by atoms with Crippen LogP contribution in [0.3, 0.4) is 0 Å². The van der Waals surface area contributed by atoms with E-state index in [1.165, 1.54) is 5.56 Å². The fraction of sp³-hybridized carbons (Fsp3) is 0.476. The molecule has 1 amide bonds. The molecule has 0 bridgehead atoms. The van der Waals surface area contributed by atoms with Crippen molar-refractivity contribution in [3.63, 3.8) is 0 Å². The van der Waals surface area contributed by atoms with Gasteiger partial charge in [0.2, 0.25) is 5.91 Å². The molecule has 0 fully saturated rings. The number of aromatic nitrogens is 2. The molecule has 2 N–H and O–H groups in total. The molecule has 166 valence electrons. The van der Waals surface area contributed by atoms with Crippen LogP contribution in [0.25, 0.3) is 0 Å². The predicted octanol–water partition coefficient (Wildman–Crippen LogP) is 2.03. The molecule has 2 aromatic rings. The average molecular weight is 528 g/mol. The van der Waals surface area contributed by atoms with Crippen molar-refractivity contribution < 1.29 is 9.53 Å². The van der Waals surface area contributed by atoms with Crippen molar-refractivity contribution in [3.05, 3.63) is 46.8 Å². The second-order valence-electron chi connectivity index (χ2n) is 7.10. The number of hydrogen-bond donors (Lipinski definition) is 2. The quantitative estimate of drug-likeness (QED) is 0.311. The topological polar surface area (TPSA) is 83.8 Å². The molecule has 0 aliphatic heterocycles. The number of carbonyl (C=O) groups is 1. The SMILES string of the molecule is COc1ccc(CCNC(=NCc2c(C)nn(C)c2C)NCC(=O)N(C)C)cc1.I. The van der Waals surface area contributed by atoms with Crippen LogP contribution in [-0.4, -0.2) is 60.8 Å². The fourth-order valence-electron chi connectivity index (χ4n) is 2.81. The maximum Gasteiger partial charge on any atom is 0.241 e. The van der Waals surface area contributed by atoms with E-state index < -0.39 is 0 Å². The number of carbonyl (C=O) groups excluding carboxylic acids is 1. The summed E-state index contributed by atoms with van der Waals surface area (Å²) in [5.74, 6) is 1.44. The zero-order valence-corrected chi connectivity index (χ0v) is 21.0. The van der Waals surface area contributed by atoms with Gasteiger partial charge in [-0.1, -0.05) is 12.1 Å². The van der Waals surface area contributed by atoms with Crippen LogP contribution < -0.4 is 15.4 Å². The number of nitrogens with one attached hydrogen (secondary N) is 2. The van der Waals surface area contributed by atoms with Gasteiger partial charge in [-0.2, -0.15) is 5.10 Å². The minimum Gasteiger partial charge on any atom is -0.497 e. The van der Waals surface area contributed by atoms with Crippen LogP contribution in [0.1, 0.15) is 22.5 Å². The third-order valence-corrected chi connectivity index (χ3v) is 4.83. The van der Waals surface area contributed by atoms with Gasteiger partial charge in [0.05, 0.1) is 25.9 Å². The van der Waals surface area contributed by atoms with Gasteiger partial charge in [-0.25, -0.2) is 4.99 Å². The van der Waals surface area contributed by atoms with E-state index in [9.17, 15) is 4.79 Å². The summed E-state index contributed by atoms with van der Waals surface area (Å²) >= 11 is 0. The third kappa shape index (κ3) is 7.51. The van der Waals surface area contributed by atoms with E-state index in [4.69, 9.17) is 4.74 Å².